The number of aryl methyl sites for hydroxylation is 1. The van der Waals surface area contributed by atoms with E-state index in [9.17, 15) is 13.2 Å². The molecule has 2 aromatic carbocycles. The Labute approximate surface area is 130 Å². The molecule has 0 heterocycles. The summed E-state index contributed by atoms with van der Waals surface area (Å²) in [4.78, 5) is 0. The molecule has 0 saturated carbocycles. The van der Waals surface area contributed by atoms with Crippen LogP contribution in [0.3, 0.4) is 0 Å². The fourth-order valence-electron chi connectivity index (χ4n) is 2.08. The second-order valence-electron chi connectivity index (χ2n) is 4.71. The second-order valence-corrected chi connectivity index (χ2v) is 5.62. The van der Waals surface area contributed by atoms with Gasteiger partial charge in [-0.15, -0.1) is 0 Å². The highest BCUT2D eigenvalue weighted by atomic mass is 79.9. The summed E-state index contributed by atoms with van der Waals surface area (Å²) in [7, 11) is 0. The van der Waals surface area contributed by atoms with Crippen LogP contribution in [0.25, 0.3) is 0 Å². The Morgan fingerprint density at radius 3 is 2.52 bits per heavy atom. The molecule has 21 heavy (non-hydrogen) atoms. The van der Waals surface area contributed by atoms with Gasteiger partial charge in [-0.05, 0) is 47.9 Å². The molecule has 0 bridgehead atoms. The minimum atomic E-state index is -4.30. The molecule has 0 unspecified atom stereocenters. The molecule has 0 saturated heterocycles. The van der Waals surface area contributed by atoms with Crippen molar-refractivity contribution in [3.63, 3.8) is 0 Å². The van der Waals surface area contributed by atoms with Gasteiger partial charge < -0.3 is 5.32 Å². The third kappa shape index (κ3) is 4.24. The van der Waals surface area contributed by atoms with E-state index in [2.05, 4.69) is 21.2 Å². The lowest BCUT2D eigenvalue weighted by atomic mass is 10.1. The number of halogens is 4. The molecule has 0 aliphatic heterocycles. The maximum Gasteiger partial charge on any atom is 0.416 e. The van der Waals surface area contributed by atoms with Crippen molar-refractivity contribution in [2.24, 2.45) is 0 Å². The lowest BCUT2D eigenvalue weighted by Crippen LogP contribution is -2.07. The Bertz CT molecular complexity index is 623. The van der Waals surface area contributed by atoms with Crippen molar-refractivity contribution in [1.82, 2.24) is 0 Å². The first-order valence-electron chi connectivity index (χ1n) is 6.58. The summed E-state index contributed by atoms with van der Waals surface area (Å²) >= 11 is 3.41. The van der Waals surface area contributed by atoms with Gasteiger partial charge in [-0.25, -0.2) is 0 Å². The van der Waals surface area contributed by atoms with E-state index < -0.39 is 11.7 Å². The summed E-state index contributed by atoms with van der Waals surface area (Å²) in [5, 5.41) is 3.20. The Morgan fingerprint density at radius 1 is 1.10 bits per heavy atom. The number of anilines is 1. The van der Waals surface area contributed by atoms with Crippen LogP contribution in [0, 0.1) is 0 Å². The normalized spacial score (nSPS) is 11.5. The van der Waals surface area contributed by atoms with Crippen LogP contribution in [-0.4, -0.2) is 0 Å². The molecular formula is C16H15BrF3N. The molecule has 0 radical (unpaired) electrons. The number of hydrogen-bond acceptors (Lipinski definition) is 1. The van der Waals surface area contributed by atoms with E-state index >= 15 is 0 Å². The lowest BCUT2D eigenvalue weighted by Gasteiger charge is -2.13. The van der Waals surface area contributed by atoms with Crippen LogP contribution in [0.15, 0.2) is 46.9 Å². The monoisotopic (exact) mass is 357 g/mol. The van der Waals surface area contributed by atoms with E-state index in [-0.39, 0.29) is 0 Å². The molecule has 0 aliphatic rings. The molecule has 2 aromatic rings. The van der Waals surface area contributed by atoms with Crippen LogP contribution in [-0.2, 0) is 19.1 Å². The van der Waals surface area contributed by atoms with E-state index in [1.807, 2.05) is 25.1 Å². The molecule has 112 valence electrons. The van der Waals surface area contributed by atoms with Crippen LogP contribution in [0.5, 0.6) is 0 Å². The van der Waals surface area contributed by atoms with Gasteiger partial charge in [-0.1, -0.05) is 35.0 Å². The van der Waals surface area contributed by atoms with Gasteiger partial charge in [-0.3, -0.25) is 0 Å². The molecule has 0 fully saturated rings. The number of hydrogen-bond donors (Lipinski definition) is 1. The number of rotatable bonds is 4. The summed E-state index contributed by atoms with van der Waals surface area (Å²) in [6.45, 7) is 2.40. The molecule has 0 aliphatic carbocycles. The molecule has 1 nitrogen and oxygen atoms in total. The fraction of sp³-hybridized carbons (Fsp3) is 0.250. The van der Waals surface area contributed by atoms with Crippen molar-refractivity contribution in [1.29, 1.82) is 0 Å². The molecule has 0 spiro atoms. The van der Waals surface area contributed by atoms with Gasteiger partial charge in [0.1, 0.15) is 0 Å². The van der Waals surface area contributed by atoms with Crippen molar-refractivity contribution in [3.8, 4) is 0 Å². The standard InChI is InChI=1S/C16H15BrF3N/c1-2-12-9-14(17)6-7-15(12)21-10-11-4-3-5-13(8-11)16(18,19)20/h3-9,21H,2,10H2,1H3. The van der Waals surface area contributed by atoms with Crippen molar-refractivity contribution in [3.05, 3.63) is 63.6 Å². The van der Waals surface area contributed by atoms with Gasteiger partial charge in [0.25, 0.3) is 0 Å². The zero-order valence-corrected chi connectivity index (χ0v) is 13.1. The Kier molecular flexibility index (Phi) is 4.93. The van der Waals surface area contributed by atoms with Crippen molar-refractivity contribution in [2.45, 2.75) is 26.1 Å². The zero-order valence-electron chi connectivity index (χ0n) is 11.5. The van der Waals surface area contributed by atoms with Gasteiger partial charge >= 0.3 is 6.18 Å². The summed E-state index contributed by atoms with van der Waals surface area (Å²) in [5.74, 6) is 0. The van der Waals surface area contributed by atoms with E-state index in [0.717, 1.165) is 28.2 Å². The predicted molar refractivity (Wildman–Crippen MR) is 82.3 cm³/mol. The van der Waals surface area contributed by atoms with E-state index in [1.54, 1.807) is 6.07 Å². The van der Waals surface area contributed by atoms with E-state index in [0.29, 0.717) is 12.1 Å². The van der Waals surface area contributed by atoms with Gasteiger partial charge in [0.2, 0.25) is 0 Å². The Morgan fingerprint density at radius 2 is 1.86 bits per heavy atom. The zero-order chi connectivity index (χ0) is 15.5. The quantitative estimate of drug-likeness (QED) is 0.746. The van der Waals surface area contributed by atoms with Crippen LogP contribution >= 0.6 is 15.9 Å². The smallest absolute Gasteiger partial charge is 0.381 e. The van der Waals surface area contributed by atoms with Gasteiger partial charge in [0.05, 0.1) is 5.56 Å². The summed E-state index contributed by atoms with van der Waals surface area (Å²) in [6.07, 6.45) is -3.45. The second kappa shape index (κ2) is 6.52. The summed E-state index contributed by atoms with van der Waals surface area (Å²) in [6, 6.07) is 11.2. The minimum absolute atomic E-state index is 0.360. The van der Waals surface area contributed by atoms with Crippen molar-refractivity contribution in [2.75, 3.05) is 5.32 Å². The van der Waals surface area contributed by atoms with Gasteiger partial charge in [0, 0.05) is 16.7 Å². The van der Waals surface area contributed by atoms with E-state index in [4.69, 9.17) is 0 Å². The SMILES string of the molecule is CCc1cc(Br)ccc1NCc1cccc(C(F)(F)F)c1. The third-order valence-corrected chi connectivity index (χ3v) is 3.68. The van der Waals surface area contributed by atoms with Crippen LogP contribution in [0.2, 0.25) is 0 Å². The number of alkyl halides is 3. The third-order valence-electron chi connectivity index (χ3n) is 3.19. The lowest BCUT2D eigenvalue weighted by molar-refractivity contribution is -0.137. The Hall–Kier alpha value is -1.49. The molecule has 1 N–H and O–H groups in total. The van der Waals surface area contributed by atoms with Crippen LogP contribution < -0.4 is 5.32 Å². The molecule has 5 heteroatoms. The average molecular weight is 358 g/mol. The molecular weight excluding hydrogens is 343 g/mol. The predicted octanol–water partition coefficient (Wildman–Crippen LogP) is 5.64. The first-order chi connectivity index (χ1) is 9.90. The summed E-state index contributed by atoms with van der Waals surface area (Å²) < 4.78 is 39.0. The van der Waals surface area contributed by atoms with Crippen molar-refractivity contribution >= 4 is 21.6 Å². The van der Waals surface area contributed by atoms with Crippen LogP contribution in [0.4, 0.5) is 18.9 Å². The Balaban J connectivity index is 2.13. The summed E-state index contributed by atoms with van der Waals surface area (Å²) in [5.41, 5.74) is 2.05. The fourth-order valence-corrected chi connectivity index (χ4v) is 2.49. The molecule has 0 atom stereocenters. The maximum absolute atomic E-state index is 12.7. The highest BCUT2D eigenvalue weighted by Crippen LogP contribution is 2.30. The average Bonchev–Trinajstić information content (AvgIpc) is 2.45. The van der Waals surface area contributed by atoms with Gasteiger partial charge in [-0.2, -0.15) is 13.2 Å². The molecule has 0 amide bonds. The number of nitrogens with one attached hydrogen (secondary N) is 1. The topological polar surface area (TPSA) is 12.0 Å². The minimum Gasteiger partial charge on any atom is -0.381 e. The largest absolute Gasteiger partial charge is 0.416 e. The molecule has 0 aromatic heterocycles. The highest BCUT2D eigenvalue weighted by molar-refractivity contribution is 9.10. The first-order valence-corrected chi connectivity index (χ1v) is 7.38. The van der Waals surface area contributed by atoms with Gasteiger partial charge in [0.15, 0.2) is 0 Å². The van der Waals surface area contributed by atoms with Crippen LogP contribution in [0.1, 0.15) is 23.6 Å². The first kappa shape index (κ1) is 15.9. The molecule has 2 rings (SSSR count). The highest BCUT2D eigenvalue weighted by Gasteiger charge is 2.30. The van der Waals surface area contributed by atoms with Crippen molar-refractivity contribution < 1.29 is 13.2 Å². The maximum atomic E-state index is 12.7. The number of benzene rings is 2. The van der Waals surface area contributed by atoms with E-state index in [1.165, 1.54) is 12.1 Å².